The summed E-state index contributed by atoms with van der Waals surface area (Å²) >= 11 is 0. The molecule has 1 aliphatic rings. The van der Waals surface area contributed by atoms with Crippen LogP contribution in [-0.4, -0.2) is 52.8 Å². The molecule has 0 aromatic rings. The number of carbonyl (C=O) groups is 3. The molecule has 1 amide bonds. The second-order valence-electron chi connectivity index (χ2n) is 6.60. The highest BCUT2D eigenvalue weighted by Crippen LogP contribution is 2.27. The fourth-order valence-corrected chi connectivity index (χ4v) is 3.49. The van der Waals surface area contributed by atoms with Gasteiger partial charge in [0, 0.05) is 38.4 Å². The van der Waals surface area contributed by atoms with Gasteiger partial charge in [0.15, 0.2) is 0 Å². The number of carbonyl (C=O) groups excluding carboxylic acids is 2. The SMILES string of the molecule is CCC[C@@H](CN1CC(C(=O)CC)CC1C(=O)O)C(C)NC(C)=O.Cl. The summed E-state index contributed by atoms with van der Waals surface area (Å²) in [4.78, 5) is 36.7. The Bertz CT molecular complexity index is 444. The molecule has 1 rings (SSSR count). The van der Waals surface area contributed by atoms with E-state index in [-0.39, 0.29) is 42.0 Å². The Kier molecular flexibility index (Phi) is 10.2. The second-order valence-corrected chi connectivity index (χ2v) is 6.60. The lowest BCUT2D eigenvalue weighted by Gasteiger charge is -2.30. The molecule has 7 heteroatoms. The summed E-state index contributed by atoms with van der Waals surface area (Å²) in [6.45, 7) is 8.46. The first kappa shape index (κ1) is 22.9. The van der Waals surface area contributed by atoms with Crippen LogP contribution in [0.25, 0.3) is 0 Å². The molecule has 24 heavy (non-hydrogen) atoms. The van der Waals surface area contributed by atoms with Gasteiger partial charge in [-0.15, -0.1) is 12.4 Å². The van der Waals surface area contributed by atoms with Gasteiger partial charge in [-0.05, 0) is 25.7 Å². The normalized spacial score (nSPS) is 23.2. The van der Waals surface area contributed by atoms with Gasteiger partial charge >= 0.3 is 5.97 Å². The van der Waals surface area contributed by atoms with Crippen molar-refractivity contribution in [2.24, 2.45) is 11.8 Å². The van der Waals surface area contributed by atoms with Crippen LogP contribution >= 0.6 is 12.4 Å². The maximum absolute atomic E-state index is 11.9. The van der Waals surface area contributed by atoms with Gasteiger partial charge in [0.2, 0.25) is 5.91 Å². The Balaban J connectivity index is 0.00000529. The van der Waals surface area contributed by atoms with E-state index in [4.69, 9.17) is 0 Å². The van der Waals surface area contributed by atoms with Gasteiger partial charge in [0.25, 0.3) is 0 Å². The molecule has 0 saturated carbocycles. The lowest BCUT2D eigenvalue weighted by atomic mass is 9.95. The van der Waals surface area contributed by atoms with E-state index in [9.17, 15) is 19.5 Å². The number of halogens is 1. The highest BCUT2D eigenvalue weighted by atomic mass is 35.5. The number of nitrogens with one attached hydrogen (secondary N) is 1. The first-order chi connectivity index (χ1) is 10.8. The van der Waals surface area contributed by atoms with Crippen molar-refractivity contribution >= 4 is 30.1 Å². The molecule has 4 atom stereocenters. The molecule has 0 spiro atoms. The van der Waals surface area contributed by atoms with Crippen LogP contribution in [0.1, 0.15) is 53.4 Å². The van der Waals surface area contributed by atoms with Crippen molar-refractivity contribution in [3.8, 4) is 0 Å². The minimum atomic E-state index is -0.862. The molecule has 0 bridgehead atoms. The topological polar surface area (TPSA) is 86.7 Å². The predicted molar refractivity (Wildman–Crippen MR) is 95.3 cm³/mol. The molecular formula is C17H31ClN2O4. The highest BCUT2D eigenvalue weighted by Gasteiger charge is 2.40. The third kappa shape index (κ3) is 6.40. The molecule has 1 aliphatic heterocycles. The minimum absolute atomic E-state index is 0. The van der Waals surface area contributed by atoms with Gasteiger partial charge in [-0.1, -0.05) is 20.3 Å². The number of ketones is 1. The highest BCUT2D eigenvalue weighted by molar-refractivity contribution is 5.85. The molecule has 2 N–H and O–H groups in total. The summed E-state index contributed by atoms with van der Waals surface area (Å²) in [5.74, 6) is -0.797. The second kappa shape index (κ2) is 10.7. The van der Waals surface area contributed by atoms with Crippen LogP contribution < -0.4 is 5.32 Å². The van der Waals surface area contributed by atoms with E-state index in [1.165, 1.54) is 6.92 Å². The maximum Gasteiger partial charge on any atom is 0.320 e. The Morgan fingerprint density at radius 3 is 2.38 bits per heavy atom. The van der Waals surface area contributed by atoms with Crippen LogP contribution in [0.4, 0.5) is 0 Å². The molecule has 140 valence electrons. The molecule has 0 aromatic heterocycles. The molecule has 6 nitrogen and oxygen atoms in total. The zero-order chi connectivity index (χ0) is 17.6. The summed E-state index contributed by atoms with van der Waals surface area (Å²) in [6, 6.07) is -0.609. The molecule has 1 heterocycles. The number of rotatable bonds is 9. The minimum Gasteiger partial charge on any atom is -0.480 e. The van der Waals surface area contributed by atoms with E-state index in [1.807, 2.05) is 18.7 Å². The Hall–Kier alpha value is -1.14. The van der Waals surface area contributed by atoms with Crippen molar-refractivity contribution in [3.63, 3.8) is 0 Å². The summed E-state index contributed by atoms with van der Waals surface area (Å²) in [6.07, 6.45) is 2.73. The molecule has 1 fully saturated rings. The maximum atomic E-state index is 11.9. The van der Waals surface area contributed by atoms with Gasteiger partial charge < -0.3 is 10.4 Å². The van der Waals surface area contributed by atoms with Crippen LogP contribution in [0.15, 0.2) is 0 Å². The van der Waals surface area contributed by atoms with Crippen molar-refractivity contribution in [2.45, 2.75) is 65.5 Å². The largest absolute Gasteiger partial charge is 0.480 e. The number of hydrogen-bond acceptors (Lipinski definition) is 4. The molecular weight excluding hydrogens is 332 g/mol. The van der Waals surface area contributed by atoms with Crippen LogP contribution in [0, 0.1) is 11.8 Å². The Morgan fingerprint density at radius 2 is 1.92 bits per heavy atom. The quantitative estimate of drug-likeness (QED) is 0.656. The number of nitrogens with zero attached hydrogens (tertiary/aromatic N) is 1. The van der Waals surface area contributed by atoms with Gasteiger partial charge in [-0.25, -0.2) is 0 Å². The third-order valence-corrected chi connectivity index (χ3v) is 4.76. The van der Waals surface area contributed by atoms with Crippen molar-refractivity contribution in [2.75, 3.05) is 13.1 Å². The molecule has 1 saturated heterocycles. The standard InChI is InChI=1S/C17H30N2O4.ClH/c1-5-7-13(11(3)18-12(4)20)9-19-10-14(16(21)6-2)8-15(19)17(22)23;/h11,13-15H,5-10H2,1-4H3,(H,18,20)(H,22,23);1H/t11?,13-,14?,15?;/m0./s1. The zero-order valence-corrected chi connectivity index (χ0v) is 15.9. The van der Waals surface area contributed by atoms with Crippen molar-refractivity contribution in [1.82, 2.24) is 10.2 Å². The first-order valence-electron chi connectivity index (χ1n) is 8.56. The summed E-state index contributed by atoms with van der Waals surface area (Å²) in [5, 5.41) is 12.4. The smallest absolute Gasteiger partial charge is 0.320 e. The summed E-state index contributed by atoms with van der Waals surface area (Å²) in [5.41, 5.74) is 0. The molecule has 0 aromatic carbocycles. The van der Waals surface area contributed by atoms with Gasteiger partial charge in [-0.2, -0.15) is 0 Å². The van der Waals surface area contributed by atoms with Crippen molar-refractivity contribution in [3.05, 3.63) is 0 Å². The zero-order valence-electron chi connectivity index (χ0n) is 15.1. The summed E-state index contributed by atoms with van der Waals surface area (Å²) < 4.78 is 0. The lowest BCUT2D eigenvalue weighted by Crippen LogP contribution is -2.45. The average molecular weight is 363 g/mol. The van der Waals surface area contributed by atoms with E-state index < -0.39 is 12.0 Å². The number of Topliss-reactive ketones (excluding diaryl/α,β-unsaturated/α-hetero) is 1. The van der Waals surface area contributed by atoms with Crippen LogP contribution in [0.3, 0.4) is 0 Å². The van der Waals surface area contributed by atoms with Crippen molar-refractivity contribution in [1.29, 1.82) is 0 Å². The van der Waals surface area contributed by atoms with Gasteiger partial charge in [-0.3, -0.25) is 19.3 Å². The number of carboxylic acids is 1. The van der Waals surface area contributed by atoms with E-state index in [1.54, 1.807) is 0 Å². The van der Waals surface area contributed by atoms with Gasteiger partial charge in [0.05, 0.1) is 0 Å². The van der Waals surface area contributed by atoms with E-state index in [0.717, 1.165) is 12.8 Å². The number of carboxylic acid groups (broad SMARTS) is 1. The lowest BCUT2D eigenvalue weighted by molar-refractivity contribution is -0.142. The number of likely N-dealkylation sites (tertiary alicyclic amines) is 1. The number of amides is 1. The van der Waals surface area contributed by atoms with E-state index >= 15 is 0 Å². The van der Waals surface area contributed by atoms with Gasteiger partial charge in [0.1, 0.15) is 11.8 Å². The molecule has 3 unspecified atom stereocenters. The van der Waals surface area contributed by atoms with Crippen LogP contribution in [-0.2, 0) is 14.4 Å². The average Bonchev–Trinajstić information content (AvgIpc) is 2.89. The monoisotopic (exact) mass is 362 g/mol. The predicted octanol–water partition coefficient (Wildman–Crippen LogP) is 2.10. The fraction of sp³-hybridized carbons (Fsp3) is 0.824. The third-order valence-electron chi connectivity index (χ3n) is 4.76. The fourth-order valence-electron chi connectivity index (χ4n) is 3.49. The Morgan fingerprint density at radius 1 is 1.29 bits per heavy atom. The Labute approximate surface area is 150 Å². The number of hydrogen-bond donors (Lipinski definition) is 2. The van der Waals surface area contributed by atoms with Crippen LogP contribution in [0.2, 0.25) is 0 Å². The first-order valence-corrected chi connectivity index (χ1v) is 8.56. The molecule has 0 radical (unpaired) electrons. The van der Waals surface area contributed by atoms with Crippen molar-refractivity contribution < 1.29 is 19.5 Å². The number of aliphatic carboxylic acids is 1. The van der Waals surface area contributed by atoms with E-state index in [2.05, 4.69) is 12.2 Å². The summed E-state index contributed by atoms with van der Waals surface area (Å²) in [7, 11) is 0. The van der Waals surface area contributed by atoms with Crippen LogP contribution in [0.5, 0.6) is 0 Å². The van der Waals surface area contributed by atoms with E-state index in [0.29, 0.717) is 25.9 Å². The molecule has 0 aliphatic carbocycles.